The number of fused-ring (bicyclic) bond motifs is 4. The number of aromatic amines is 2. The van der Waals surface area contributed by atoms with Crippen LogP contribution in [-0.2, 0) is 4.74 Å². The van der Waals surface area contributed by atoms with Crippen LogP contribution in [0.4, 0.5) is 0 Å². The van der Waals surface area contributed by atoms with E-state index < -0.39 is 10.2 Å². The van der Waals surface area contributed by atoms with E-state index in [2.05, 4.69) is 52.8 Å². The maximum absolute atomic E-state index is 12.2. The van der Waals surface area contributed by atoms with Crippen molar-refractivity contribution in [3.05, 3.63) is 54.4 Å². The molecule has 0 saturated heterocycles. The van der Waals surface area contributed by atoms with E-state index in [9.17, 15) is 4.79 Å². The molecule has 3 heterocycles. The molecule has 1 aliphatic rings. The minimum atomic E-state index is -4.94. The van der Waals surface area contributed by atoms with Gasteiger partial charge in [0.2, 0.25) is 5.52 Å². The Bertz CT molecular complexity index is 1370. The molecule has 0 fully saturated rings. The highest BCUT2D eigenvalue weighted by Crippen LogP contribution is 2.30. The van der Waals surface area contributed by atoms with Crippen molar-refractivity contribution in [3.63, 3.8) is 0 Å². The number of pyridine rings is 1. The highest BCUT2D eigenvalue weighted by Gasteiger charge is 2.21. The molecule has 0 spiro atoms. The predicted molar refractivity (Wildman–Crippen MR) is 126 cm³/mol. The molecule has 2 aromatic carbocycles. The van der Waals surface area contributed by atoms with E-state index in [0.717, 1.165) is 32.6 Å². The first-order valence-electron chi connectivity index (χ1n) is 11.8. The van der Waals surface area contributed by atoms with Crippen molar-refractivity contribution >= 4 is 44.3 Å². The number of aromatic nitrogens is 2. The van der Waals surface area contributed by atoms with Gasteiger partial charge in [-0.05, 0) is 53.8 Å². The average molecular weight is 517 g/mol. The zero-order valence-electron chi connectivity index (χ0n) is 20.6. The zero-order chi connectivity index (χ0) is 26.3. The lowest BCUT2D eigenvalue weighted by molar-refractivity contribution is -2.00. The number of esters is 1. The van der Waals surface area contributed by atoms with Crippen molar-refractivity contribution in [1.82, 2.24) is 4.98 Å². The van der Waals surface area contributed by atoms with Crippen LogP contribution in [0, 0.1) is 10.2 Å². The molecule has 0 bridgehead atoms. The fraction of sp³-hybridized carbons (Fsp3) is 0.346. The Morgan fingerprint density at radius 1 is 1.11 bits per heavy atom. The SMILES string of the molecule is CCC1=[N+](C)CCCC1.CCOC(=O)c1c[nH+]c2ccc3cc4[nH]cccc4cc3c12.[O-][Cl+3]([O-])([O-])[O-]. The van der Waals surface area contributed by atoms with Crippen molar-refractivity contribution < 1.29 is 48.0 Å². The second-order valence-corrected chi connectivity index (χ2v) is 9.17. The van der Waals surface area contributed by atoms with E-state index in [-0.39, 0.29) is 5.97 Å². The van der Waals surface area contributed by atoms with Gasteiger partial charge in [0, 0.05) is 37.0 Å². The lowest BCUT2D eigenvalue weighted by Crippen LogP contribution is -2.68. The number of hydrogen-bond donors (Lipinski definition) is 1. The molecule has 2 N–H and O–H groups in total. The largest absolute Gasteiger partial charge is 0.462 e. The van der Waals surface area contributed by atoms with Gasteiger partial charge in [-0.25, -0.2) is 33.0 Å². The molecule has 36 heavy (non-hydrogen) atoms. The number of nitrogens with one attached hydrogen (secondary N) is 2. The number of carbonyl (C=O) groups is 1. The van der Waals surface area contributed by atoms with Gasteiger partial charge in [0.15, 0.2) is 11.9 Å². The molecular weight excluding hydrogens is 486 g/mol. The van der Waals surface area contributed by atoms with Crippen molar-refractivity contribution in [2.45, 2.75) is 39.5 Å². The third-order valence-electron chi connectivity index (χ3n) is 6.09. The van der Waals surface area contributed by atoms with Gasteiger partial charge in [-0.3, -0.25) is 0 Å². The van der Waals surface area contributed by atoms with Crippen LogP contribution in [0.15, 0.2) is 48.8 Å². The zero-order valence-corrected chi connectivity index (χ0v) is 21.4. The molecule has 0 amide bonds. The lowest BCUT2D eigenvalue weighted by atomic mass is 10.0. The topological polar surface area (TPSA) is 151 Å². The molecule has 10 heteroatoms. The third-order valence-corrected chi connectivity index (χ3v) is 6.09. The van der Waals surface area contributed by atoms with Gasteiger partial charge in [-0.15, -0.1) is 10.2 Å². The molecule has 0 saturated carbocycles. The Balaban J connectivity index is 0.000000214. The molecule has 192 valence electrons. The van der Waals surface area contributed by atoms with Crippen LogP contribution < -0.4 is 23.6 Å². The van der Waals surface area contributed by atoms with Crippen LogP contribution in [0.1, 0.15) is 49.9 Å². The number of ether oxygens (including phenoxy) is 1. The second-order valence-electron chi connectivity index (χ2n) is 8.42. The van der Waals surface area contributed by atoms with E-state index >= 15 is 0 Å². The summed E-state index contributed by atoms with van der Waals surface area (Å²) in [7, 11) is -2.74. The van der Waals surface area contributed by atoms with Gasteiger partial charge in [0.05, 0.1) is 12.0 Å². The summed E-state index contributed by atoms with van der Waals surface area (Å²) >= 11 is 0. The summed E-state index contributed by atoms with van der Waals surface area (Å²) in [6.07, 6.45) is 9.02. The Morgan fingerprint density at radius 2 is 1.86 bits per heavy atom. The third kappa shape index (κ3) is 7.22. The van der Waals surface area contributed by atoms with Crippen molar-refractivity contribution in [2.75, 3.05) is 20.2 Å². The van der Waals surface area contributed by atoms with Crippen molar-refractivity contribution in [2.24, 2.45) is 0 Å². The van der Waals surface area contributed by atoms with Crippen LogP contribution in [0.25, 0.3) is 32.6 Å². The number of hydrogen-bond acceptors (Lipinski definition) is 6. The lowest BCUT2D eigenvalue weighted by Gasteiger charge is -2.17. The Hall–Kier alpha value is -3.08. The Kier molecular flexibility index (Phi) is 9.36. The molecule has 9 nitrogen and oxygen atoms in total. The average Bonchev–Trinajstić information content (AvgIpc) is 3.28. The van der Waals surface area contributed by atoms with Gasteiger partial charge in [0.25, 0.3) is 0 Å². The first-order valence-corrected chi connectivity index (χ1v) is 13.0. The van der Waals surface area contributed by atoms with E-state index in [1.165, 1.54) is 32.2 Å². The highest BCUT2D eigenvalue weighted by atomic mass is 35.7. The summed E-state index contributed by atoms with van der Waals surface area (Å²) in [6, 6.07) is 12.3. The maximum atomic E-state index is 12.2. The van der Waals surface area contributed by atoms with Gasteiger partial charge < -0.3 is 9.72 Å². The van der Waals surface area contributed by atoms with Crippen molar-refractivity contribution in [1.29, 1.82) is 0 Å². The monoisotopic (exact) mass is 516 g/mol. The smallest absolute Gasteiger partial charge is 0.345 e. The minimum absolute atomic E-state index is 0.291. The fourth-order valence-electron chi connectivity index (χ4n) is 4.42. The standard InChI is InChI=1S/C18H14N2O2.C8H16N.ClHO4/c1-2-22-18(21)14-10-20-15-6-5-11-9-16-12(4-3-7-19-16)8-13(11)17(14)15;1-3-8-6-4-5-7-9(8)2;2-1(3,4)5/h3-10,19H,2H2,1H3;3-7H2,1-2H3;(H,2,3,4,5)/q;+1;. The van der Waals surface area contributed by atoms with Crippen LogP contribution in [0.5, 0.6) is 0 Å². The Labute approximate surface area is 211 Å². The molecular formula is C26H31ClN3O6+. The molecule has 1 aliphatic heterocycles. The quantitative estimate of drug-likeness (QED) is 0.236. The van der Waals surface area contributed by atoms with Crippen molar-refractivity contribution in [3.8, 4) is 0 Å². The van der Waals surface area contributed by atoms with Crippen LogP contribution >= 0.6 is 0 Å². The fourth-order valence-corrected chi connectivity index (χ4v) is 4.42. The molecule has 0 atom stereocenters. The number of benzene rings is 2. The van der Waals surface area contributed by atoms with Gasteiger partial charge in [-0.2, -0.15) is 0 Å². The van der Waals surface area contributed by atoms with Crippen LogP contribution in [0.3, 0.4) is 0 Å². The van der Waals surface area contributed by atoms with E-state index in [4.69, 9.17) is 23.4 Å². The second kappa shape index (κ2) is 12.2. The summed E-state index contributed by atoms with van der Waals surface area (Å²) < 4.78 is 41.5. The Morgan fingerprint density at radius 3 is 2.50 bits per heavy atom. The van der Waals surface area contributed by atoms with E-state index in [0.29, 0.717) is 12.2 Å². The molecule has 5 rings (SSSR count). The first kappa shape index (κ1) is 27.5. The molecule has 4 aromatic rings. The minimum Gasteiger partial charge on any atom is -0.462 e. The van der Waals surface area contributed by atoms with Crippen LogP contribution in [0.2, 0.25) is 0 Å². The van der Waals surface area contributed by atoms with Gasteiger partial charge >= 0.3 is 5.97 Å². The van der Waals surface area contributed by atoms with Gasteiger partial charge in [0.1, 0.15) is 19.2 Å². The van der Waals surface area contributed by atoms with E-state index in [1.807, 2.05) is 25.3 Å². The number of halogens is 1. The molecule has 2 aromatic heterocycles. The summed E-state index contributed by atoms with van der Waals surface area (Å²) in [4.78, 5) is 18.6. The molecule has 0 unspecified atom stereocenters. The molecule has 0 radical (unpaired) electrons. The predicted octanol–water partition coefficient (Wildman–Crippen LogP) is 0.373. The summed E-state index contributed by atoms with van der Waals surface area (Å²) in [5, 5.41) is 4.17. The van der Waals surface area contributed by atoms with Gasteiger partial charge in [-0.1, -0.05) is 13.0 Å². The molecule has 0 aliphatic carbocycles. The normalized spacial score (nSPS) is 13.8. The number of H-pyrrole nitrogens is 2. The number of rotatable bonds is 3. The number of nitrogens with zero attached hydrogens (tertiary/aromatic N) is 1. The summed E-state index contributed by atoms with van der Waals surface area (Å²) in [5.74, 6) is -0.291. The maximum Gasteiger partial charge on any atom is 0.345 e. The summed E-state index contributed by atoms with van der Waals surface area (Å²) in [5.41, 5.74) is 4.24. The van der Waals surface area contributed by atoms with E-state index in [1.54, 1.807) is 11.9 Å². The van der Waals surface area contributed by atoms with Crippen LogP contribution in [-0.4, -0.2) is 41.4 Å². The first-order chi connectivity index (χ1) is 17.1. The summed E-state index contributed by atoms with van der Waals surface area (Å²) in [6.45, 7) is 5.71. The number of carbonyl (C=O) groups excluding carboxylic acids is 1. The highest BCUT2D eigenvalue weighted by molar-refractivity contribution is 6.17.